The molecule has 0 radical (unpaired) electrons. The van der Waals surface area contributed by atoms with Gasteiger partial charge in [-0.3, -0.25) is 4.79 Å². The number of hydrogen-bond donors (Lipinski definition) is 1. The number of benzene rings is 1. The van der Waals surface area contributed by atoms with E-state index in [2.05, 4.69) is 15.9 Å². The number of fused-ring (bicyclic) bond motifs is 1. The molecule has 4 nitrogen and oxygen atoms in total. The lowest BCUT2D eigenvalue weighted by Crippen LogP contribution is -2.02. The maximum atomic E-state index is 10.9. The number of carbonyl (C=O) groups excluding carboxylic acids is 1. The van der Waals surface area contributed by atoms with Crippen molar-refractivity contribution in [1.82, 2.24) is 0 Å². The van der Waals surface area contributed by atoms with E-state index in [1.165, 1.54) is 0 Å². The van der Waals surface area contributed by atoms with Crippen molar-refractivity contribution in [2.45, 2.75) is 12.8 Å². The lowest BCUT2D eigenvalue weighted by atomic mass is 10.0. The highest BCUT2D eigenvalue weighted by Gasteiger charge is 2.23. The minimum atomic E-state index is 0.169. The summed E-state index contributed by atoms with van der Waals surface area (Å²) in [7, 11) is 0. The van der Waals surface area contributed by atoms with Crippen molar-refractivity contribution in [3.63, 3.8) is 0 Å². The van der Waals surface area contributed by atoms with Gasteiger partial charge >= 0.3 is 0 Å². The van der Waals surface area contributed by atoms with Crippen LogP contribution in [0, 0.1) is 0 Å². The number of ether oxygens (including phenoxy) is 2. The predicted octanol–water partition coefficient (Wildman–Crippen LogP) is 1.88. The first-order valence-electron chi connectivity index (χ1n) is 5.04. The average molecular weight is 286 g/mol. The SMILES string of the molecule is NCCCc1c(Br)cc(C=O)c2c1OCO2. The highest BCUT2D eigenvalue weighted by Crippen LogP contribution is 2.42. The molecule has 1 aliphatic rings. The molecule has 1 aromatic rings. The van der Waals surface area contributed by atoms with Gasteiger partial charge in [0.1, 0.15) is 0 Å². The Labute approximate surface area is 102 Å². The van der Waals surface area contributed by atoms with Crippen LogP contribution < -0.4 is 15.2 Å². The van der Waals surface area contributed by atoms with Crippen LogP contribution in [0.4, 0.5) is 0 Å². The number of aldehydes is 1. The first kappa shape index (κ1) is 11.4. The number of nitrogens with two attached hydrogens (primary N) is 1. The molecule has 1 aliphatic heterocycles. The molecule has 5 heteroatoms. The Bertz CT molecular complexity index is 420. The maximum absolute atomic E-state index is 10.9. The monoisotopic (exact) mass is 285 g/mol. The van der Waals surface area contributed by atoms with Crippen molar-refractivity contribution >= 4 is 22.2 Å². The molecule has 0 saturated heterocycles. The van der Waals surface area contributed by atoms with E-state index in [1.54, 1.807) is 6.07 Å². The molecule has 0 spiro atoms. The van der Waals surface area contributed by atoms with Crippen LogP contribution >= 0.6 is 15.9 Å². The van der Waals surface area contributed by atoms with Crippen LogP contribution in [-0.4, -0.2) is 19.6 Å². The number of hydrogen-bond acceptors (Lipinski definition) is 4. The zero-order valence-corrected chi connectivity index (χ0v) is 10.2. The fourth-order valence-corrected chi connectivity index (χ4v) is 2.34. The summed E-state index contributed by atoms with van der Waals surface area (Å²) < 4.78 is 11.6. The molecule has 0 bridgehead atoms. The van der Waals surface area contributed by atoms with Gasteiger partial charge in [0.15, 0.2) is 17.8 Å². The second kappa shape index (κ2) is 4.84. The van der Waals surface area contributed by atoms with Gasteiger partial charge < -0.3 is 15.2 Å². The minimum Gasteiger partial charge on any atom is -0.453 e. The van der Waals surface area contributed by atoms with E-state index in [4.69, 9.17) is 15.2 Å². The predicted molar refractivity (Wildman–Crippen MR) is 63.0 cm³/mol. The fraction of sp³-hybridized carbons (Fsp3) is 0.364. The third kappa shape index (κ3) is 1.92. The highest BCUT2D eigenvalue weighted by molar-refractivity contribution is 9.10. The summed E-state index contributed by atoms with van der Waals surface area (Å²) in [5.41, 5.74) is 7.01. The second-order valence-corrected chi connectivity index (χ2v) is 4.36. The summed E-state index contributed by atoms with van der Waals surface area (Å²) in [4.78, 5) is 10.9. The van der Waals surface area contributed by atoms with E-state index in [-0.39, 0.29) is 6.79 Å². The van der Waals surface area contributed by atoms with Gasteiger partial charge in [0, 0.05) is 10.0 Å². The average Bonchev–Trinajstić information content (AvgIpc) is 2.76. The van der Waals surface area contributed by atoms with Crippen LogP contribution in [0.5, 0.6) is 11.5 Å². The van der Waals surface area contributed by atoms with Crippen molar-refractivity contribution in [3.8, 4) is 11.5 Å². The molecule has 2 rings (SSSR count). The molecule has 0 atom stereocenters. The lowest BCUT2D eigenvalue weighted by Gasteiger charge is -2.09. The molecular formula is C11H12BrNO3. The van der Waals surface area contributed by atoms with E-state index in [1.807, 2.05) is 0 Å². The lowest BCUT2D eigenvalue weighted by molar-refractivity contribution is 0.111. The van der Waals surface area contributed by atoms with Gasteiger partial charge in [-0.15, -0.1) is 0 Å². The van der Waals surface area contributed by atoms with E-state index in [9.17, 15) is 4.79 Å². The van der Waals surface area contributed by atoms with Crippen LogP contribution in [0.1, 0.15) is 22.3 Å². The zero-order chi connectivity index (χ0) is 11.5. The Balaban J connectivity index is 2.45. The van der Waals surface area contributed by atoms with Crippen molar-refractivity contribution < 1.29 is 14.3 Å². The molecule has 0 fully saturated rings. The van der Waals surface area contributed by atoms with Crippen LogP contribution in [0.2, 0.25) is 0 Å². The second-order valence-electron chi connectivity index (χ2n) is 3.50. The summed E-state index contributed by atoms with van der Waals surface area (Å²) >= 11 is 3.44. The molecule has 1 heterocycles. The molecule has 1 aromatic carbocycles. The summed E-state index contributed by atoms with van der Waals surface area (Å²) in [6, 6.07) is 1.76. The summed E-state index contributed by atoms with van der Waals surface area (Å²) in [5.74, 6) is 1.22. The van der Waals surface area contributed by atoms with Crippen molar-refractivity contribution in [1.29, 1.82) is 0 Å². The molecular weight excluding hydrogens is 274 g/mol. The smallest absolute Gasteiger partial charge is 0.231 e. The Morgan fingerprint density at radius 1 is 1.44 bits per heavy atom. The number of rotatable bonds is 4. The summed E-state index contributed by atoms with van der Waals surface area (Å²) in [6.45, 7) is 0.791. The largest absolute Gasteiger partial charge is 0.453 e. The molecule has 0 amide bonds. The maximum Gasteiger partial charge on any atom is 0.231 e. The van der Waals surface area contributed by atoms with Crippen molar-refractivity contribution in [2.75, 3.05) is 13.3 Å². The third-order valence-corrected chi connectivity index (χ3v) is 3.18. The summed E-state index contributed by atoms with van der Waals surface area (Å²) in [6.07, 6.45) is 2.45. The Kier molecular flexibility index (Phi) is 3.46. The van der Waals surface area contributed by atoms with Gasteiger partial charge in [-0.05, 0) is 25.5 Å². The topological polar surface area (TPSA) is 61.6 Å². The fourth-order valence-electron chi connectivity index (χ4n) is 1.71. The quantitative estimate of drug-likeness (QED) is 0.858. The van der Waals surface area contributed by atoms with Crippen molar-refractivity contribution in [3.05, 3.63) is 21.7 Å². The van der Waals surface area contributed by atoms with Crippen molar-refractivity contribution in [2.24, 2.45) is 5.73 Å². The molecule has 0 unspecified atom stereocenters. The van der Waals surface area contributed by atoms with Crippen LogP contribution in [0.25, 0.3) is 0 Å². The Hall–Kier alpha value is -1.07. The molecule has 0 saturated carbocycles. The summed E-state index contributed by atoms with van der Waals surface area (Å²) in [5, 5.41) is 0. The van der Waals surface area contributed by atoms with Gasteiger partial charge in [0.2, 0.25) is 6.79 Å². The van der Waals surface area contributed by atoms with E-state index >= 15 is 0 Å². The van der Waals surface area contributed by atoms with Gasteiger partial charge in [0.25, 0.3) is 0 Å². The molecule has 2 N–H and O–H groups in total. The van der Waals surface area contributed by atoms with Gasteiger partial charge in [-0.25, -0.2) is 0 Å². The minimum absolute atomic E-state index is 0.169. The van der Waals surface area contributed by atoms with E-state index in [0.29, 0.717) is 23.6 Å². The van der Waals surface area contributed by atoms with Crippen LogP contribution in [0.15, 0.2) is 10.5 Å². The van der Waals surface area contributed by atoms with Crippen LogP contribution in [-0.2, 0) is 6.42 Å². The first-order chi connectivity index (χ1) is 7.77. The van der Waals surface area contributed by atoms with Crippen LogP contribution in [0.3, 0.4) is 0 Å². The van der Waals surface area contributed by atoms with Gasteiger partial charge in [-0.1, -0.05) is 15.9 Å². The number of carbonyl (C=O) groups is 1. The van der Waals surface area contributed by atoms with E-state index in [0.717, 1.165) is 29.2 Å². The third-order valence-electron chi connectivity index (χ3n) is 2.48. The van der Waals surface area contributed by atoms with Gasteiger partial charge in [-0.2, -0.15) is 0 Å². The molecule has 0 aromatic heterocycles. The Morgan fingerprint density at radius 2 is 2.19 bits per heavy atom. The molecule has 86 valence electrons. The Morgan fingerprint density at radius 3 is 2.88 bits per heavy atom. The van der Waals surface area contributed by atoms with E-state index < -0.39 is 0 Å². The molecule has 16 heavy (non-hydrogen) atoms. The zero-order valence-electron chi connectivity index (χ0n) is 8.66. The first-order valence-corrected chi connectivity index (χ1v) is 5.83. The highest BCUT2D eigenvalue weighted by atomic mass is 79.9. The van der Waals surface area contributed by atoms with Gasteiger partial charge in [0.05, 0.1) is 5.56 Å². The number of halogens is 1. The normalized spacial score (nSPS) is 12.9. The standard InChI is InChI=1S/C11H12BrNO3/c12-9-4-7(5-14)10-11(16-6-15-10)8(9)2-1-3-13/h4-5H,1-3,6,13H2. The molecule has 0 aliphatic carbocycles.